The van der Waals surface area contributed by atoms with Crippen molar-refractivity contribution in [1.82, 2.24) is 0 Å². The number of rotatable bonds is 19. The first-order valence-corrected chi connectivity index (χ1v) is 11.2. The maximum absolute atomic E-state index is 11.5. The Bertz CT molecular complexity index is 401. The maximum atomic E-state index is 11.5. The molecule has 0 aromatic heterocycles. The van der Waals surface area contributed by atoms with Crippen LogP contribution in [0.15, 0.2) is 11.6 Å². The highest BCUT2D eigenvalue weighted by molar-refractivity contribution is 5.95. The highest BCUT2D eigenvalue weighted by Crippen LogP contribution is 2.13. The van der Waals surface area contributed by atoms with Crippen LogP contribution in [0.2, 0.25) is 0 Å². The van der Waals surface area contributed by atoms with E-state index < -0.39 is 11.9 Å². The molecule has 4 nitrogen and oxygen atoms in total. The fourth-order valence-corrected chi connectivity index (χ4v) is 3.17. The van der Waals surface area contributed by atoms with Crippen molar-refractivity contribution in [2.24, 2.45) is 0 Å². The smallest absolute Gasteiger partial charge is 0.333 e. The molecular weight excluding hydrogens is 340 g/mol. The molecule has 0 heterocycles. The molecule has 0 fully saturated rings. The van der Waals surface area contributed by atoms with Crippen molar-refractivity contribution >= 4 is 11.9 Å². The minimum absolute atomic E-state index is 0.138. The van der Waals surface area contributed by atoms with E-state index in [1.54, 1.807) is 0 Å². The van der Waals surface area contributed by atoms with E-state index >= 15 is 0 Å². The molecule has 0 rings (SSSR count). The Balaban J connectivity index is 3.23. The predicted molar refractivity (Wildman–Crippen MR) is 112 cm³/mol. The molecule has 0 unspecified atom stereocenters. The van der Waals surface area contributed by atoms with Crippen molar-refractivity contribution in [3.8, 4) is 0 Å². The van der Waals surface area contributed by atoms with Crippen LogP contribution >= 0.6 is 0 Å². The third kappa shape index (κ3) is 19.3. The lowest BCUT2D eigenvalue weighted by molar-refractivity contribution is -0.140. The van der Waals surface area contributed by atoms with E-state index in [2.05, 4.69) is 6.92 Å². The topological polar surface area (TPSA) is 63.6 Å². The van der Waals surface area contributed by atoms with Gasteiger partial charge in [0.1, 0.15) is 0 Å². The van der Waals surface area contributed by atoms with Crippen LogP contribution in [0, 0.1) is 0 Å². The van der Waals surface area contributed by atoms with Gasteiger partial charge in [0.25, 0.3) is 0 Å². The summed E-state index contributed by atoms with van der Waals surface area (Å²) in [7, 11) is 0. The van der Waals surface area contributed by atoms with Crippen LogP contribution in [0.25, 0.3) is 0 Å². The fourth-order valence-electron chi connectivity index (χ4n) is 3.17. The van der Waals surface area contributed by atoms with E-state index in [1.807, 2.05) is 0 Å². The second-order valence-corrected chi connectivity index (χ2v) is 7.60. The fraction of sp³-hybridized carbons (Fsp3) is 0.826. The van der Waals surface area contributed by atoms with Gasteiger partial charge in [-0.05, 0) is 13.3 Å². The molecular formula is C23H42O4. The summed E-state index contributed by atoms with van der Waals surface area (Å²) in [6.07, 6.45) is 21.8. The summed E-state index contributed by atoms with van der Waals surface area (Å²) >= 11 is 0. The van der Waals surface area contributed by atoms with Crippen molar-refractivity contribution in [2.75, 3.05) is 6.61 Å². The lowest BCUT2D eigenvalue weighted by Gasteiger charge is -2.05. The van der Waals surface area contributed by atoms with Crippen LogP contribution in [0.1, 0.15) is 117 Å². The van der Waals surface area contributed by atoms with Gasteiger partial charge < -0.3 is 9.84 Å². The molecule has 158 valence electrons. The lowest BCUT2D eigenvalue weighted by Crippen LogP contribution is -2.08. The van der Waals surface area contributed by atoms with Crippen LogP contribution in [-0.2, 0) is 14.3 Å². The molecule has 0 aliphatic heterocycles. The lowest BCUT2D eigenvalue weighted by atomic mass is 10.0. The van der Waals surface area contributed by atoms with E-state index in [0.29, 0.717) is 6.61 Å². The molecule has 0 amide bonds. The summed E-state index contributed by atoms with van der Waals surface area (Å²) < 4.78 is 5.05. The normalized spacial score (nSPS) is 11.6. The van der Waals surface area contributed by atoms with E-state index in [-0.39, 0.29) is 5.57 Å². The van der Waals surface area contributed by atoms with Gasteiger partial charge in [0, 0.05) is 11.6 Å². The minimum Gasteiger partial charge on any atom is -0.478 e. The zero-order chi connectivity index (χ0) is 20.2. The van der Waals surface area contributed by atoms with Gasteiger partial charge >= 0.3 is 11.9 Å². The molecule has 0 aromatic carbocycles. The first kappa shape index (κ1) is 25.7. The second kappa shape index (κ2) is 19.4. The molecule has 0 saturated heterocycles. The van der Waals surface area contributed by atoms with Crippen molar-refractivity contribution in [1.29, 1.82) is 0 Å². The van der Waals surface area contributed by atoms with E-state index in [1.165, 1.54) is 96.8 Å². The van der Waals surface area contributed by atoms with Gasteiger partial charge in [-0.25, -0.2) is 9.59 Å². The SMILES string of the molecule is CCCCCCCCCCCCCCCCCCOC(=O)/C(C)=C/C(=O)O. The minimum atomic E-state index is -1.12. The molecule has 27 heavy (non-hydrogen) atoms. The quantitative estimate of drug-likeness (QED) is 0.151. The Labute approximate surface area is 166 Å². The van der Waals surface area contributed by atoms with E-state index in [0.717, 1.165) is 18.9 Å². The number of carbonyl (C=O) groups is 2. The molecule has 0 spiro atoms. The van der Waals surface area contributed by atoms with Gasteiger partial charge in [-0.2, -0.15) is 0 Å². The average molecular weight is 383 g/mol. The van der Waals surface area contributed by atoms with Crippen LogP contribution in [0.3, 0.4) is 0 Å². The Morgan fingerprint density at radius 2 is 1.07 bits per heavy atom. The van der Waals surface area contributed by atoms with Gasteiger partial charge in [-0.3, -0.25) is 0 Å². The Morgan fingerprint density at radius 3 is 1.44 bits per heavy atom. The number of carboxylic acid groups (broad SMARTS) is 1. The summed E-state index contributed by atoms with van der Waals surface area (Å²) in [6.45, 7) is 4.11. The summed E-state index contributed by atoms with van der Waals surface area (Å²) in [6, 6.07) is 0. The van der Waals surface area contributed by atoms with E-state index in [4.69, 9.17) is 9.84 Å². The van der Waals surface area contributed by atoms with Crippen molar-refractivity contribution < 1.29 is 19.4 Å². The first-order chi connectivity index (χ1) is 13.1. The number of aliphatic carboxylic acids is 1. The van der Waals surface area contributed by atoms with Gasteiger partial charge in [-0.15, -0.1) is 0 Å². The monoisotopic (exact) mass is 382 g/mol. The zero-order valence-corrected chi connectivity index (χ0v) is 17.8. The maximum Gasteiger partial charge on any atom is 0.333 e. The Morgan fingerprint density at radius 1 is 0.704 bits per heavy atom. The summed E-state index contributed by atoms with van der Waals surface area (Å²) in [5.41, 5.74) is 0.138. The summed E-state index contributed by atoms with van der Waals surface area (Å²) in [4.78, 5) is 21.9. The standard InChI is InChI=1S/C23H42O4/c1-3-4-5-6-7-8-9-10-11-12-13-14-15-16-17-18-19-27-23(26)21(2)20-22(24)25/h20H,3-19H2,1-2H3,(H,24,25)/b21-20+. The third-order valence-corrected chi connectivity index (χ3v) is 4.89. The number of carbonyl (C=O) groups excluding carboxylic acids is 1. The molecule has 0 atom stereocenters. The van der Waals surface area contributed by atoms with E-state index in [9.17, 15) is 9.59 Å². The van der Waals surface area contributed by atoms with Gasteiger partial charge in [0.05, 0.1) is 6.61 Å². The highest BCUT2D eigenvalue weighted by atomic mass is 16.5. The van der Waals surface area contributed by atoms with Crippen molar-refractivity contribution in [2.45, 2.75) is 117 Å². The number of carboxylic acids is 1. The molecule has 0 saturated carbocycles. The number of unbranched alkanes of at least 4 members (excludes halogenated alkanes) is 15. The number of hydrogen-bond acceptors (Lipinski definition) is 3. The zero-order valence-electron chi connectivity index (χ0n) is 17.8. The van der Waals surface area contributed by atoms with Crippen LogP contribution in [-0.4, -0.2) is 23.7 Å². The van der Waals surface area contributed by atoms with Crippen molar-refractivity contribution in [3.63, 3.8) is 0 Å². The van der Waals surface area contributed by atoms with Crippen LogP contribution in [0.4, 0.5) is 0 Å². The van der Waals surface area contributed by atoms with Crippen LogP contribution in [0.5, 0.6) is 0 Å². The van der Waals surface area contributed by atoms with Gasteiger partial charge in [-0.1, -0.05) is 103 Å². The first-order valence-electron chi connectivity index (χ1n) is 11.2. The third-order valence-electron chi connectivity index (χ3n) is 4.89. The number of esters is 1. The summed E-state index contributed by atoms with van der Waals surface area (Å²) in [5, 5.41) is 8.57. The molecule has 4 heteroatoms. The molecule has 1 N–H and O–H groups in total. The molecule has 0 radical (unpaired) electrons. The Kier molecular flexibility index (Phi) is 18.5. The molecule has 0 bridgehead atoms. The van der Waals surface area contributed by atoms with Gasteiger partial charge in [0.2, 0.25) is 0 Å². The Hall–Kier alpha value is -1.32. The second-order valence-electron chi connectivity index (χ2n) is 7.60. The summed E-state index contributed by atoms with van der Waals surface area (Å²) in [5.74, 6) is -1.65. The number of hydrogen-bond donors (Lipinski definition) is 1. The number of ether oxygens (including phenoxy) is 1. The van der Waals surface area contributed by atoms with Gasteiger partial charge in [0.15, 0.2) is 0 Å². The molecule has 0 aliphatic carbocycles. The highest BCUT2D eigenvalue weighted by Gasteiger charge is 2.06. The molecule has 0 aliphatic rings. The molecule has 0 aromatic rings. The van der Waals surface area contributed by atoms with Crippen molar-refractivity contribution in [3.05, 3.63) is 11.6 Å². The largest absolute Gasteiger partial charge is 0.478 e. The van der Waals surface area contributed by atoms with Crippen LogP contribution < -0.4 is 0 Å². The average Bonchev–Trinajstić information content (AvgIpc) is 2.63. The predicted octanol–water partition coefficient (Wildman–Crippen LogP) is 6.82.